The second kappa shape index (κ2) is 21.1. The van der Waals surface area contributed by atoms with Crippen LogP contribution in [0.5, 0.6) is 0 Å². The summed E-state index contributed by atoms with van der Waals surface area (Å²) in [5, 5.41) is 64.9. The first-order valence-corrected chi connectivity index (χ1v) is 30.9. The summed E-state index contributed by atoms with van der Waals surface area (Å²) >= 11 is 0. The zero-order valence-electron chi connectivity index (χ0n) is 46.8. The van der Waals surface area contributed by atoms with Gasteiger partial charge in [0.25, 0.3) is 0 Å². The maximum atomic E-state index is 14.7. The molecule has 0 aliphatic carbocycles. The van der Waals surface area contributed by atoms with Gasteiger partial charge in [-0.05, 0) is 86.7 Å². The van der Waals surface area contributed by atoms with Crippen LogP contribution in [0, 0.1) is 23.7 Å². The van der Waals surface area contributed by atoms with Gasteiger partial charge in [-0.1, -0.05) is 33.9 Å². The minimum absolute atomic E-state index is 0.0281. The average Bonchev–Trinajstić information content (AvgIpc) is 3.15. The van der Waals surface area contributed by atoms with Crippen molar-refractivity contribution in [3.05, 3.63) is 24.3 Å². The largest absolute Gasteiger partial charge is 0.394 e. The summed E-state index contributed by atoms with van der Waals surface area (Å²) in [7, 11) is 0. The van der Waals surface area contributed by atoms with Crippen molar-refractivity contribution in [3.63, 3.8) is 0 Å². The van der Waals surface area contributed by atoms with Crippen LogP contribution < -0.4 is 0 Å². The van der Waals surface area contributed by atoms with E-state index in [1.807, 2.05) is 6.92 Å². The molecule has 448 valence electrons. The Morgan fingerprint density at radius 1 is 0.575 bits per heavy atom. The predicted octanol–water partition coefficient (Wildman–Crippen LogP) is 3.62. The molecule has 0 saturated carbocycles. The van der Waals surface area contributed by atoms with Gasteiger partial charge in [-0.25, -0.2) is 0 Å². The Kier molecular flexibility index (Phi) is 14.8. The van der Waals surface area contributed by atoms with Crippen molar-refractivity contribution in [2.24, 2.45) is 23.7 Å². The minimum Gasteiger partial charge on any atom is -0.394 e. The summed E-state index contributed by atoms with van der Waals surface area (Å²) in [6.07, 6.45) is -0.950. The highest BCUT2D eigenvalue weighted by atomic mass is 16.8. The number of ether oxygens (including phenoxy) is 13. The second-order valence-electron chi connectivity index (χ2n) is 27.5. The number of hydrogen-bond donors (Lipinski definition) is 6. The fourth-order valence-corrected chi connectivity index (χ4v) is 17.8. The first-order chi connectivity index (χ1) is 38.3. The van der Waals surface area contributed by atoms with Crippen molar-refractivity contribution in [2.75, 3.05) is 6.61 Å². The SMILES string of the molecule is C=C1C[C@@H]2CC[C@]34OC([C@@H]5O[C@H]6CC[C@H](CC(=O)C[C@@H]7CC8OC9C[C@]%10(C[C@@H]%11O[C@@]%12(CC[C@@H]%11O%10)C[C@H](C)[C@@H]%10O[C@H]([C@@H](O)C[C@@H](O)CO)C[C@@H]%10O%12)O[C@@H]9C[C@@H]8O[C@H]7C[C@H]7O[C@@H](CC[C@@H]1O2)C[C@@H](C)C7=C)O[C@@H]6[C@H](O3)[C@@H]5C)C(O)(O)[C@H]4O. The van der Waals surface area contributed by atoms with E-state index < -0.39 is 90.8 Å². The van der Waals surface area contributed by atoms with Gasteiger partial charge < -0.3 is 92.2 Å². The molecule has 14 fully saturated rings. The number of hydrogen-bond acceptors (Lipinski definition) is 20. The van der Waals surface area contributed by atoms with Crippen LogP contribution in [0.4, 0.5) is 0 Å². The maximum absolute atomic E-state index is 14.7. The molecule has 80 heavy (non-hydrogen) atoms. The zero-order chi connectivity index (χ0) is 55.4. The summed E-state index contributed by atoms with van der Waals surface area (Å²) in [6.45, 7) is 14.9. The highest BCUT2D eigenvalue weighted by Crippen LogP contribution is 2.57. The highest BCUT2D eigenvalue weighted by Gasteiger charge is 2.72. The lowest BCUT2D eigenvalue weighted by atomic mass is 9.77. The molecule has 0 amide bonds. The van der Waals surface area contributed by atoms with Crippen LogP contribution in [0.25, 0.3) is 0 Å². The van der Waals surface area contributed by atoms with Gasteiger partial charge in [-0.15, -0.1) is 0 Å². The van der Waals surface area contributed by atoms with Crippen molar-refractivity contribution in [1.82, 2.24) is 0 Å². The fourth-order valence-electron chi connectivity index (χ4n) is 17.8. The highest BCUT2D eigenvalue weighted by molar-refractivity contribution is 5.79. The molecule has 0 aromatic carbocycles. The number of Topliss-reactive ketones (excluding diaryl/α,β-unsaturated/α-hetero) is 1. The van der Waals surface area contributed by atoms with Gasteiger partial charge in [0, 0.05) is 76.5 Å². The predicted molar refractivity (Wildman–Crippen MR) is 277 cm³/mol. The third kappa shape index (κ3) is 9.90. The van der Waals surface area contributed by atoms with Gasteiger partial charge in [0.2, 0.25) is 11.6 Å². The number of fused-ring (bicyclic) bond motifs is 13. The third-order valence-corrected chi connectivity index (χ3v) is 21.9. The molecule has 14 rings (SSSR count). The Labute approximate surface area is 468 Å². The first kappa shape index (κ1) is 56.2. The van der Waals surface area contributed by atoms with E-state index in [-0.39, 0.29) is 134 Å². The molecule has 30 atom stereocenters. The van der Waals surface area contributed by atoms with Crippen LogP contribution in [0.1, 0.15) is 149 Å². The molecule has 20 heteroatoms. The lowest BCUT2D eigenvalue weighted by Gasteiger charge is -2.51. The van der Waals surface area contributed by atoms with E-state index in [0.29, 0.717) is 83.5 Å². The molecule has 3 spiro atoms. The van der Waals surface area contributed by atoms with Crippen molar-refractivity contribution in [2.45, 2.75) is 313 Å². The molecule has 14 saturated heterocycles. The Morgan fingerprint density at radius 3 is 2.15 bits per heavy atom. The summed E-state index contributed by atoms with van der Waals surface area (Å²) in [5.74, 6) is -6.28. The van der Waals surface area contributed by atoms with Gasteiger partial charge in [-0.2, -0.15) is 0 Å². The number of carbonyl (C=O) groups is 1. The van der Waals surface area contributed by atoms with E-state index >= 15 is 0 Å². The van der Waals surface area contributed by atoms with Crippen molar-refractivity contribution >= 4 is 5.78 Å². The average molecular weight is 1130 g/mol. The third-order valence-electron chi connectivity index (χ3n) is 21.9. The van der Waals surface area contributed by atoms with Crippen LogP contribution >= 0.6 is 0 Å². The molecule has 0 aromatic heterocycles. The smallest absolute Gasteiger partial charge is 0.224 e. The lowest BCUT2D eigenvalue weighted by Crippen LogP contribution is -2.67. The Hall–Kier alpha value is -1.61. The monoisotopic (exact) mass is 1130 g/mol. The van der Waals surface area contributed by atoms with Crippen molar-refractivity contribution < 1.29 is 97.0 Å². The number of rotatable bonds is 4. The molecule has 6 N–H and O–H groups in total. The minimum atomic E-state index is -2.62. The van der Waals surface area contributed by atoms with Crippen LogP contribution in [0.2, 0.25) is 0 Å². The molecule has 0 aromatic rings. The van der Waals surface area contributed by atoms with Crippen molar-refractivity contribution in [3.8, 4) is 0 Å². The number of carbonyl (C=O) groups excluding carboxylic acids is 1. The summed E-state index contributed by atoms with van der Waals surface area (Å²) < 4.78 is 88.8. The molecule has 10 bridgehead atoms. The summed E-state index contributed by atoms with van der Waals surface area (Å²) in [5.41, 5.74) is 2.03. The van der Waals surface area contributed by atoms with E-state index in [1.165, 1.54) is 0 Å². The summed E-state index contributed by atoms with van der Waals surface area (Å²) in [4.78, 5) is 14.7. The quantitative estimate of drug-likeness (QED) is 0.174. The van der Waals surface area contributed by atoms with Crippen LogP contribution in [0.3, 0.4) is 0 Å². The number of ketones is 1. The van der Waals surface area contributed by atoms with Crippen LogP contribution in [0.15, 0.2) is 24.3 Å². The molecule has 20 nitrogen and oxygen atoms in total. The van der Waals surface area contributed by atoms with Crippen LogP contribution in [-0.2, 0) is 66.4 Å². The van der Waals surface area contributed by atoms with E-state index in [4.69, 9.17) is 61.6 Å². The lowest BCUT2D eigenvalue weighted by molar-refractivity contribution is -0.339. The Morgan fingerprint density at radius 2 is 1.31 bits per heavy atom. The first-order valence-electron chi connectivity index (χ1n) is 30.9. The molecule has 3 unspecified atom stereocenters. The fraction of sp³-hybridized carbons (Fsp3) is 0.917. The molecule has 14 aliphatic heterocycles. The molecular weight excluding hydrogens is 1040 g/mol. The van der Waals surface area contributed by atoms with Gasteiger partial charge in [0.05, 0.1) is 129 Å². The van der Waals surface area contributed by atoms with Gasteiger partial charge in [0.15, 0.2) is 17.7 Å². The summed E-state index contributed by atoms with van der Waals surface area (Å²) in [6, 6.07) is 0. The molecule has 14 aliphatic rings. The Bertz CT molecular complexity index is 2340. The number of aliphatic hydroxyl groups excluding tert-OH is 4. The standard InChI is InChI=1S/C60H88O20/c1-27-14-35-6-8-39-28(2)15-37(68-39)10-13-59-56(65)60(66,67)55(80-59)53-31(5)52(79-59)54-41(73-53)9-7-36(70-54)18-33(62)16-32-17-45-46(71-43(32)20-42(69-35)30(27)4)22-47-49(72-45)24-58(76-47)25-50-40(75-58)11-12-57(78-50)23-29(3)51-48(77-57)21-44(74-51)38(64)19-34(63)26-61/h27,29,31-32,34-56,61,63-67H,2,4,6-26H2,1,3,5H3/t27-,29+,31+,32-,34-,35+,36-,37+,38+,39+,40+,41+,42-,43+,44+,45?,46+,47-,48+,49?,50+,51+,52-,53-,54+,55?,56+,57+,58-,59-/m1/s1. The van der Waals surface area contributed by atoms with E-state index in [0.717, 1.165) is 30.4 Å². The van der Waals surface area contributed by atoms with Gasteiger partial charge >= 0.3 is 0 Å². The topological polar surface area (TPSA) is 258 Å². The normalized spacial score (nSPS) is 55.2. The van der Waals surface area contributed by atoms with Crippen LogP contribution in [-0.4, -0.2) is 207 Å². The van der Waals surface area contributed by atoms with E-state index in [1.54, 1.807) is 0 Å². The van der Waals surface area contributed by atoms with Gasteiger partial charge in [-0.3, -0.25) is 4.79 Å². The van der Waals surface area contributed by atoms with E-state index in [2.05, 4.69) is 27.0 Å². The molecule has 14 heterocycles. The van der Waals surface area contributed by atoms with Crippen molar-refractivity contribution in [1.29, 1.82) is 0 Å². The second-order valence-corrected chi connectivity index (χ2v) is 27.5. The van der Waals surface area contributed by atoms with Gasteiger partial charge in [0.1, 0.15) is 18.0 Å². The zero-order valence-corrected chi connectivity index (χ0v) is 46.8. The molecule has 0 radical (unpaired) electrons. The molecular formula is C60H88O20. The maximum Gasteiger partial charge on any atom is 0.224 e. The Balaban J connectivity index is 0.676. The number of aliphatic hydroxyl groups is 6. The van der Waals surface area contributed by atoms with E-state index in [9.17, 15) is 35.4 Å².